The van der Waals surface area contributed by atoms with Gasteiger partial charge in [-0.2, -0.15) is 0 Å². The Labute approximate surface area is 101 Å². The molecule has 2 heterocycles. The maximum absolute atomic E-state index is 5.52. The van der Waals surface area contributed by atoms with Gasteiger partial charge in [-0.05, 0) is 13.5 Å². The molecule has 4 nitrogen and oxygen atoms in total. The number of ether oxygens (including phenoxy) is 1. The SMILES string of the molecule is CCNCc1csc(N2CCOC(C)C2)n1. The van der Waals surface area contributed by atoms with Crippen molar-refractivity contribution in [1.29, 1.82) is 0 Å². The van der Waals surface area contributed by atoms with Gasteiger partial charge in [-0.1, -0.05) is 6.92 Å². The number of anilines is 1. The number of nitrogens with zero attached hydrogens (tertiary/aromatic N) is 2. The van der Waals surface area contributed by atoms with Gasteiger partial charge in [0.2, 0.25) is 0 Å². The van der Waals surface area contributed by atoms with E-state index in [0.29, 0.717) is 6.10 Å². The van der Waals surface area contributed by atoms with Gasteiger partial charge in [0.15, 0.2) is 5.13 Å². The molecule has 0 spiro atoms. The zero-order chi connectivity index (χ0) is 11.4. The molecule has 1 saturated heterocycles. The van der Waals surface area contributed by atoms with Crippen molar-refractivity contribution in [3.63, 3.8) is 0 Å². The van der Waals surface area contributed by atoms with Crippen LogP contribution >= 0.6 is 11.3 Å². The standard InChI is InChI=1S/C11H19N3OS/c1-3-12-6-10-8-16-11(13-10)14-4-5-15-9(2)7-14/h8-9,12H,3-7H2,1-2H3. The Morgan fingerprint density at radius 3 is 3.31 bits per heavy atom. The molecule has 1 aliphatic heterocycles. The van der Waals surface area contributed by atoms with Crippen molar-refractivity contribution >= 4 is 16.5 Å². The first-order chi connectivity index (χ1) is 7.79. The average Bonchev–Trinajstić information content (AvgIpc) is 2.75. The van der Waals surface area contributed by atoms with Crippen LogP contribution in [0.15, 0.2) is 5.38 Å². The monoisotopic (exact) mass is 241 g/mol. The van der Waals surface area contributed by atoms with Gasteiger partial charge in [-0.25, -0.2) is 4.98 Å². The van der Waals surface area contributed by atoms with E-state index in [1.165, 1.54) is 0 Å². The van der Waals surface area contributed by atoms with Crippen LogP contribution in [0, 0.1) is 0 Å². The van der Waals surface area contributed by atoms with E-state index >= 15 is 0 Å². The fourth-order valence-corrected chi connectivity index (χ4v) is 2.63. The van der Waals surface area contributed by atoms with Gasteiger partial charge in [0.05, 0.1) is 18.4 Å². The summed E-state index contributed by atoms with van der Waals surface area (Å²) in [5.74, 6) is 0. The van der Waals surface area contributed by atoms with Crippen molar-refractivity contribution in [3.05, 3.63) is 11.1 Å². The first-order valence-electron chi connectivity index (χ1n) is 5.81. The van der Waals surface area contributed by atoms with E-state index in [4.69, 9.17) is 4.74 Å². The predicted octanol–water partition coefficient (Wildman–Crippen LogP) is 1.48. The van der Waals surface area contributed by atoms with Crippen molar-refractivity contribution in [2.75, 3.05) is 31.1 Å². The van der Waals surface area contributed by atoms with Gasteiger partial charge < -0.3 is 15.0 Å². The molecule has 0 amide bonds. The summed E-state index contributed by atoms with van der Waals surface area (Å²) in [6.45, 7) is 8.79. The lowest BCUT2D eigenvalue weighted by atomic mass is 10.3. The van der Waals surface area contributed by atoms with E-state index in [0.717, 1.165) is 43.6 Å². The van der Waals surface area contributed by atoms with Gasteiger partial charge in [0.1, 0.15) is 0 Å². The number of hydrogen-bond acceptors (Lipinski definition) is 5. The van der Waals surface area contributed by atoms with Gasteiger partial charge in [0, 0.05) is 25.0 Å². The second kappa shape index (κ2) is 5.61. The number of nitrogens with one attached hydrogen (secondary N) is 1. The van der Waals surface area contributed by atoms with E-state index in [1.807, 2.05) is 0 Å². The molecule has 0 aliphatic carbocycles. The molecule has 1 fully saturated rings. The maximum Gasteiger partial charge on any atom is 0.185 e. The van der Waals surface area contributed by atoms with Gasteiger partial charge >= 0.3 is 0 Å². The zero-order valence-electron chi connectivity index (χ0n) is 9.90. The fraction of sp³-hybridized carbons (Fsp3) is 0.727. The summed E-state index contributed by atoms with van der Waals surface area (Å²) in [7, 11) is 0. The normalized spacial score (nSPS) is 21.4. The predicted molar refractivity (Wildman–Crippen MR) is 67.1 cm³/mol. The van der Waals surface area contributed by atoms with E-state index < -0.39 is 0 Å². The summed E-state index contributed by atoms with van der Waals surface area (Å²) in [4.78, 5) is 6.95. The molecule has 0 bridgehead atoms. The van der Waals surface area contributed by atoms with Crippen LogP contribution in [0.5, 0.6) is 0 Å². The highest BCUT2D eigenvalue weighted by molar-refractivity contribution is 7.13. The Balaban J connectivity index is 1.95. The Morgan fingerprint density at radius 2 is 2.56 bits per heavy atom. The molecule has 0 saturated carbocycles. The summed E-state index contributed by atoms with van der Waals surface area (Å²) in [5, 5.41) is 6.56. The van der Waals surface area contributed by atoms with Crippen LogP contribution < -0.4 is 10.2 Å². The number of morpholine rings is 1. The van der Waals surface area contributed by atoms with Crippen LogP contribution in [0.1, 0.15) is 19.5 Å². The summed E-state index contributed by atoms with van der Waals surface area (Å²) in [6.07, 6.45) is 0.315. The zero-order valence-corrected chi connectivity index (χ0v) is 10.7. The largest absolute Gasteiger partial charge is 0.375 e. The summed E-state index contributed by atoms with van der Waals surface area (Å²) < 4.78 is 5.52. The molecule has 16 heavy (non-hydrogen) atoms. The van der Waals surface area contributed by atoms with Crippen molar-refractivity contribution in [3.8, 4) is 0 Å². The first kappa shape index (κ1) is 11.8. The molecule has 2 rings (SSSR count). The lowest BCUT2D eigenvalue weighted by Gasteiger charge is -2.30. The Hall–Kier alpha value is -0.650. The maximum atomic E-state index is 5.52. The minimum absolute atomic E-state index is 0.315. The molecule has 1 aromatic rings. The third-order valence-corrected chi connectivity index (χ3v) is 3.56. The Kier molecular flexibility index (Phi) is 4.15. The quantitative estimate of drug-likeness (QED) is 0.866. The molecule has 1 aliphatic rings. The molecule has 0 radical (unpaired) electrons. The molecule has 1 unspecified atom stereocenters. The fourth-order valence-electron chi connectivity index (χ4n) is 1.77. The van der Waals surface area contributed by atoms with Crippen LogP contribution in [0.2, 0.25) is 0 Å². The van der Waals surface area contributed by atoms with Crippen LogP contribution in [0.3, 0.4) is 0 Å². The van der Waals surface area contributed by atoms with Crippen LogP contribution in [0.4, 0.5) is 5.13 Å². The number of aromatic nitrogens is 1. The van der Waals surface area contributed by atoms with Gasteiger partial charge in [0.25, 0.3) is 0 Å². The average molecular weight is 241 g/mol. The van der Waals surface area contributed by atoms with Crippen molar-refractivity contribution < 1.29 is 4.74 Å². The van der Waals surface area contributed by atoms with Gasteiger partial charge in [-0.3, -0.25) is 0 Å². The Morgan fingerprint density at radius 1 is 1.69 bits per heavy atom. The minimum atomic E-state index is 0.315. The van der Waals surface area contributed by atoms with E-state index in [1.54, 1.807) is 11.3 Å². The molecule has 5 heteroatoms. The molecular weight excluding hydrogens is 222 g/mol. The van der Waals surface area contributed by atoms with Crippen molar-refractivity contribution in [2.45, 2.75) is 26.5 Å². The summed E-state index contributed by atoms with van der Waals surface area (Å²) >= 11 is 1.73. The van der Waals surface area contributed by atoms with Crippen molar-refractivity contribution in [2.24, 2.45) is 0 Å². The number of hydrogen-bond donors (Lipinski definition) is 1. The highest BCUT2D eigenvalue weighted by atomic mass is 32.1. The van der Waals surface area contributed by atoms with Crippen molar-refractivity contribution in [1.82, 2.24) is 10.3 Å². The smallest absolute Gasteiger partial charge is 0.185 e. The highest BCUT2D eigenvalue weighted by Crippen LogP contribution is 2.22. The van der Waals surface area contributed by atoms with Crippen LogP contribution in [-0.2, 0) is 11.3 Å². The topological polar surface area (TPSA) is 37.4 Å². The molecule has 90 valence electrons. The third kappa shape index (κ3) is 2.93. The molecular formula is C11H19N3OS. The van der Waals surface area contributed by atoms with E-state index in [2.05, 4.69) is 34.4 Å². The van der Waals surface area contributed by atoms with Crippen LogP contribution in [0.25, 0.3) is 0 Å². The first-order valence-corrected chi connectivity index (χ1v) is 6.69. The highest BCUT2D eigenvalue weighted by Gasteiger charge is 2.19. The van der Waals surface area contributed by atoms with E-state index in [9.17, 15) is 0 Å². The number of rotatable bonds is 4. The van der Waals surface area contributed by atoms with Crippen LogP contribution in [-0.4, -0.2) is 37.3 Å². The lowest BCUT2D eigenvalue weighted by Crippen LogP contribution is -2.41. The van der Waals surface area contributed by atoms with Gasteiger partial charge in [-0.15, -0.1) is 11.3 Å². The summed E-state index contributed by atoms with van der Waals surface area (Å²) in [5.41, 5.74) is 1.14. The molecule has 1 N–H and O–H groups in total. The Bertz CT molecular complexity index is 329. The number of thiazole rings is 1. The van der Waals surface area contributed by atoms with E-state index in [-0.39, 0.29) is 0 Å². The lowest BCUT2D eigenvalue weighted by molar-refractivity contribution is 0.0532. The summed E-state index contributed by atoms with van der Waals surface area (Å²) in [6, 6.07) is 0. The second-order valence-corrected chi connectivity index (χ2v) is 4.87. The molecule has 1 aromatic heterocycles. The third-order valence-electron chi connectivity index (χ3n) is 2.61. The molecule has 1 atom stereocenters. The second-order valence-electron chi connectivity index (χ2n) is 4.03. The molecule has 0 aromatic carbocycles. The minimum Gasteiger partial charge on any atom is -0.375 e.